The summed E-state index contributed by atoms with van der Waals surface area (Å²) in [6, 6.07) is 10.0. The maximum Gasteiger partial charge on any atom is 0.0766 e. The molecule has 0 radical (unpaired) electrons. The van der Waals surface area contributed by atoms with Gasteiger partial charge in [-0.2, -0.15) is 10.5 Å². The van der Waals surface area contributed by atoms with Crippen molar-refractivity contribution in [3.63, 3.8) is 0 Å². The summed E-state index contributed by atoms with van der Waals surface area (Å²) >= 11 is 0. The number of hydrogen-bond donors (Lipinski definition) is 1. The molecule has 0 aromatic heterocycles. The summed E-state index contributed by atoms with van der Waals surface area (Å²) in [7, 11) is 0. The normalized spacial score (nSPS) is 11.7. The molecule has 0 aliphatic carbocycles. The smallest absolute Gasteiger partial charge is 0.0766 e. The molecule has 1 N–H and O–H groups in total. The Morgan fingerprint density at radius 1 is 0.944 bits per heavy atom. The van der Waals surface area contributed by atoms with E-state index in [1.165, 1.54) is 0 Å². The van der Waals surface area contributed by atoms with E-state index in [9.17, 15) is 15.6 Å². The van der Waals surface area contributed by atoms with Gasteiger partial charge in [0.2, 0.25) is 0 Å². The van der Waals surface area contributed by atoms with Gasteiger partial charge >= 0.3 is 0 Å². The Morgan fingerprint density at radius 2 is 1.33 bits per heavy atom. The molecular formula is C15H18N2O. The highest BCUT2D eigenvalue weighted by Gasteiger charge is 2.25. The van der Waals surface area contributed by atoms with E-state index in [0.29, 0.717) is 0 Å². The van der Waals surface area contributed by atoms with Crippen molar-refractivity contribution < 1.29 is 5.11 Å². The van der Waals surface area contributed by atoms with E-state index in [1.807, 2.05) is 45.9 Å². The van der Waals surface area contributed by atoms with Crippen LogP contribution in [0.4, 0.5) is 0 Å². The molecule has 0 atom stereocenters. The van der Waals surface area contributed by atoms with Crippen molar-refractivity contribution in [2.24, 2.45) is 0 Å². The minimum atomic E-state index is -0.633. The summed E-state index contributed by atoms with van der Waals surface area (Å²) in [6.45, 7) is 7.21. The molecule has 0 spiro atoms. The molecule has 1 aromatic carbocycles. The Kier molecular flexibility index (Phi) is 3.79. The van der Waals surface area contributed by atoms with E-state index >= 15 is 0 Å². The first-order valence-corrected chi connectivity index (χ1v) is 5.85. The van der Waals surface area contributed by atoms with Gasteiger partial charge in [-0.3, -0.25) is 0 Å². The minimum Gasteiger partial charge on any atom is -0.392 e. The number of benzene rings is 1. The number of nitriles is 2. The molecular weight excluding hydrogens is 224 g/mol. The van der Waals surface area contributed by atoms with Gasteiger partial charge in [-0.15, -0.1) is 0 Å². The van der Waals surface area contributed by atoms with Crippen LogP contribution >= 0.6 is 0 Å². The molecule has 1 aromatic rings. The second kappa shape index (κ2) is 4.80. The molecule has 0 amide bonds. The van der Waals surface area contributed by atoms with Crippen molar-refractivity contribution in [1.29, 1.82) is 10.5 Å². The van der Waals surface area contributed by atoms with Crippen LogP contribution < -0.4 is 0 Å². The maximum atomic E-state index is 9.30. The fraction of sp³-hybridized carbons (Fsp3) is 0.467. The summed E-state index contributed by atoms with van der Waals surface area (Å²) in [5, 5.41) is 27.7. The van der Waals surface area contributed by atoms with Gasteiger partial charge < -0.3 is 5.11 Å². The third kappa shape index (κ3) is 2.70. The summed E-state index contributed by atoms with van der Waals surface area (Å²) < 4.78 is 0. The standard InChI is InChI=1S/C15H18N2O/c1-14(2,9-16)12-5-11(8-18)6-13(7-12)15(3,4)10-17/h5-7,18H,8H2,1-4H3. The van der Waals surface area contributed by atoms with Crippen LogP contribution in [0.5, 0.6) is 0 Å². The lowest BCUT2D eigenvalue weighted by Crippen LogP contribution is -2.19. The van der Waals surface area contributed by atoms with Crippen molar-refractivity contribution >= 4 is 0 Å². The molecule has 18 heavy (non-hydrogen) atoms. The number of aliphatic hydroxyl groups is 1. The Balaban J connectivity index is 3.47. The predicted molar refractivity (Wildman–Crippen MR) is 69.6 cm³/mol. The second-order valence-electron chi connectivity index (χ2n) is 5.55. The van der Waals surface area contributed by atoms with Crippen LogP contribution in [-0.2, 0) is 17.4 Å². The van der Waals surface area contributed by atoms with Crippen LogP contribution in [0.15, 0.2) is 18.2 Å². The van der Waals surface area contributed by atoms with Gasteiger partial charge in [-0.1, -0.05) is 18.2 Å². The zero-order chi connectivity index (χ0) is 14.0. The second-order valence-corrected chi connectivity index (χ2v) is 5.55. The van der Waals surface area contributed by atoms with E-state index in [1.54, 1.807) is 0 Å². The number of rotatable bonds is 3. The molecule has 1 rings (SSSR count). The Hall–Kier alpha value is -1.84. The first-order chi connectivity index (χ1) is 8.26. The monoisotopic (exact) mass is 242 g/mol. The van der Waals surface area contributed by atoms with Crippen LogP contribution in [-0.4, -0.2) is 5.11 Å². The topological polar surface area (TPSA) is 67.8 Å². The lowest BCUT2D eigenvalue weighted by molar-refractivity contribution is 0.281. The van der Waals surface area contributed by atoms with Crippen LogP contribution in [0.25, 0.3) is 0 Å². The first-order valence-electron chi connectivity index (χ1n) is 5.85. The van der Waals surface area contributed by atoms with Crippen LogP contribution in [0.2, 0.25) is 0 Å². The average molecular weight is 242 g/mol. The van der Waals surface area contributed by atoms with Gasteiger partial charge in [-0.05, 0) is 44.4 Å². The van der Waals surface area contributed by atoms with E-state index in [2.05, 4.69) is 12.1 Å². The summed E-state index contributed by atoms with van der Waals surface area (Å²) in [5.74, 6) is 0. The largest absolute Gasteiger partial charge is 0.392 e. The molecule has 0 bridgehead atoms. The van der Waals surface area contributed by atoms with E-state index in [4.69, 9.17) is 0 Å². The fourth-order valence-corrected chi connectivity index (χ4v) is 1.63. The number of nitrogens with zero attached hydrogens (tertiary/aromatic N) is 2. The number of aliphatic hydroxyl groups excluding tert-OH is 1. The fourth-order valence-electron chi connectivity index (χ4n) is 1.63. The van der Waals surface area contributed by atoms with Crippen molar-refractivity contribution in [3.05, 3.63) is 34.9 Å². The van der Waals surface area contributed by atoms with Crippen molar-refractivity contribution in [1.82, 2.24) is 0 Å². The van der Waals surface area contributed by atoms with Gasteiger partial charge in [0, 0.05) is 0 Å². The van der Waals surface area contributed by atoms with Crippen LogP contribution in [0.3, 0.4) is 0 Å². The zero-order valence-corrected chi connectivity index (χ0v) is 11.3. The third-order valence-electron chi connectivity index (χ3n) is 3.18. The van der Waals surface area contributed by atoms with Gasteiger partial charge in [0.1, 0.15) is 0 Å². The van der Waals surface area contributed by atoms with Gasteiger partial charge in [-0.25, -0.2) is 0 Å². The molecule has 0 saturated carbocycles. The van der Waals surface area contributed by atoms with E-state index < -0.39 is 10.8 Å². The predicted octanol–water partition coefficient (Wildman–Crippen LogP) is 2.78. The average Bonchev–Trinajstić information content (AvgIpc) is 2.38. The van der Waals surface area contributed by atoms with Crippen LogP contribution in [0.1, 0.15) is 44.4 Å². The molecule has 0 saturated heterocycles. The summed E-state index contributed by atoms with van der Waals surface area (Å²) in [6.07, 6.45) is 0. The van der Waals surface area contributed by atoms with Gasteiger partial charge in [0.15, 0.2) is 0 Å². The Bertz CT molecular complexity index is 486. The summed E-state index contributed by atoms with van der Waals surface area (Å²) in [5.41, 5.74) is 1.12. The first kappa shape index (κ1) is 14.2. The lowest BCUT2D eigenvalue weighted by atomic mass is 9.79. The molecule has 3 heteroatoms. The minimum absolute atomic E-state index is 0.0934. The zero-order valence-electron chi connectivity index (χ0n) is 11.3. The quantitative estimate of drug-likeness (QED) is 0.886. The lowest BCUT2D eigenvalue weighted by Gasteiger charge is -2.22. The highest BCUT2D eigenvalue weighted by atomic mass is 16.3. The molecule has 0 unspecified atom stereocenters. The highest BCUT2D eigenvalue weighted by molar-refractivity contribution is 5.42. The van der Waals surface area contributed by atoms with Gasteiger partial charge in [0.25, 0.3) is 0 Å². The number of hydrogen-bond acceptors (Lipinski definition) is 3. The molecule has 0 aliphatic heterocycles. The van der Waals surface area contributed by atoms with Crippen molar-refractivity contribution in [2.75, 3.05) is 0 Å². The summed E-state index contributed by atoms with van der Waals surface area (Å²) in [4.78, 5) is 0. The Labute approximate surface area is 108 Å². The van der Waals surface area contributed by atoms with Crippen molar-refractivity contribution in [2.45, 2.75) is 45.1 Å². The van der Waals surface area contributed by atoms with Crippen molar-refractivity contribution in [3.8, 4) is 12.1 Å². The van der Waals surface area contributed by atoms with Gasteiger partial charge in [0.05, 0.1) is 29.6 Å². The van der Waals surface area contributed by atoms with Crippen LogP contribution in [0, 0.1) is 22.7 Å². The van der Waals surface area contributed by atoms with E-state index in [-0.39, 0.29) is 6.61 Å². The highest BCUT2D eigenvalue weighted by Crippen LogP contribution is 2.30. The molecule has 94 valence electrons. The SMILES string of the molecule is CC(C)(C#N)c1cc(CO)cc(C(C)(C)C#N)c1. The Morgan fingerprint density at radius 3 is 1.61 bits per heavy atom. The molecule has 3 nitrogen and oxygen atoms in total. The maximum absolute atomic E-state index is 9.30. The molecule has 0 aliphatic rings. The van der Waals surface area contributed by atoms with E-state index in [0.717, 1.165) is 16.7 Å². The molecule has 0 fully saturated rings. The third-order valence-corrected chi connectivity index (χ3v) is 3.18. The molecule has 0 heterocycles.